The summed E-state index contributed by atoms with van der Waals surface area (Å²) < 4.78 is 49.5. The fraction of sp³-hybridized carbons (Fsp3) is 0.296. The van der Waals surface area contributed by atoms with E-state index in [1.807, 2.05) is 0 Å². The summed E-state index contributed by atoms with van der Waals surface area (Å²) in [7, 11) is 0. The summed E-state index contributed by atoms with van der Waals surface area (Å²) in [6.45, 7) is 5.32. The van der Waals surface area contributed by atoms with Gasteiger partial charge in [-0.05, 0) is 75.2 Å². The molecule has 0 aliphatic carbocycles. The third-order valence-electron chi connectivity index (χ3n) is 5.57. The molecule has 0 amide bonds. The van der Waals surface area contributed by atoms with E-state index in [1.165, 1.54) is 12.1 Å². The van der Waals surface area contributed by atoms with Crippen molar-refractivity contribution in [3.8, 4) is 5.69 Å². The first-order valence-electron chi connectivity index (χ1n) is 11.7. The number of hydrogen-bond donors (Lipinski definition) is 3. The maximum absolute atomic E-state index is 15.1. The molecular weight excluding hydrogens is 503 g/mol. The van der Waals surface area contributed by atoms with Gasteiger partial charge in [-0.3, -0.25) is 19.0 Å². The van der Waals surface area contributed by atoms with Crippen LogP contribution in [0.1, 0.15) is 42.3 Å². The lowest BCUT2D eigenvalue weighted by atomic mass is 10.0. The predicted octanol–water partition coefficient (Wildman–Crippen LogP) is 3.47. The molecule has 11 heteroatoms. The van der Waals surface area contributed by atoms with Crippen molar-refractivity contribution in [1.29, 1.82) is 0 Å². The largest absolute Gasteiger partial charge is 0.480 e. The van der Waals surface area contributed by atoms with Gasteiger partial charge in [-0.1, -0.05) is 0 Å². The number of carbonyl (C=O) groups excluding carboxylic acids is 1. The van der Waals surface area contributed by atoms with Gasteiger partial charge in [-0.2, -0.15) is 0 Å². The number of ketones is 1. The molecular formula is C27H28F3N3O5. The zero-order chi connectivity index (χ0) is 28.2. The third-order valence-corrected chi connectivity index (χ3v) is 5.57. The fourth-order valence-electron chi connectivity index (χ4n) is 3.65. The van der Waals surface area contributed by atoms with Crippen LogP contribution in [0, 0.1) is 17.5 Å². The molecule has 0 aliphatic heterocycles. The van der Waals surface area contributed by atoms with Gasteiger partial charge in [0.25, 0.3) is 5.56 Å². The SMILES string of the molecule is CC(C)(C)OC[C@H](NCCc1cc(F)c(-n2c(N)c(C(=O)c3ccc(F)cc3)ccc2=O)c(F)c1)C(=O)O. The topological polar surface area (TPSA) is 124 Å². The molecule has 202 valence electrons. The van der Waals surface area contributed by atoms with Gasteiger partial charge >= 0.3 is 5.97 Å². The second kappa shape index (κ2) is 11.6. The highest BCUT2D eigenvalue weighted by atomic mass is 19.1. The first kappa shape index (κ1) is 28.6. The first-order chi connectivity index (χ1) is 17.8. The molecule has 0 saturated carbocycles. The normalized spacial score (nSPS) is 12.4. The number of nitrogens with zero attached hydrogens (tertiary/aromatic N) is 1. The van der Waals surface area contributed by atoms with Crippen LogP contribution < -0.4 is 16.6 Å². The average Bonchev–Trinajstić information content (AvgIpc) is 2.82. The van der Waals surface area contributed by atoms with Crippen LogP contribution in [0.15, 0.2) is 53.3 Å². The molecule has 1 atom stereocenters. The third kappa shape index (κ3) is 6.87. The Kier molecular flexibility index (Phi) is 8.74. The molecule has 2 aromatic carbocycles. The van der Waals surface area contributed by atoms with E-state index in [0.717, 1.165) is 36.4 Å². The van der Waals surface area contributed by atoms with Gasteiger partial charge in [-0.15, -0.1) is 0 Å². The van der Waals surface area contributed by atoms with Gasteiger partial charge in [0.15, 0.2) is 17.4 Å². The standard InChI is InChI=1S/C27H28F3N3O5/c1-27(2,3)38-14-21(26(36)37)32-11-10-15-12-19(29)23(20(30)13-15)33-22(34)9-8-18(25(33)31)24(35)16-4-6-17(28)7-5-16/h4-9,12-13,21,32H,10-11,14,31H2,1-3H3,(H,36,37)/t21-/m0/s1. The number of hydrogen-bond acceptors (Lipinski definition) is 6. The number of anilines is 1. The molecule has 0 unspecified atom stereocenters. The van der Waals surface area contributed by atoms with Crippen molar-refractivity contribution in [2.75, 3.05) is 18.9 Å². The summed E-state index contributed by atoms with van der Waals surface area (Å²) in [5, 5.41) is 12.1. The molecule has 0 saturated heterocycles. The highest BCUT2D eigenvalue weighted by Gasteiger charge is 2.23. The highest BCUT2D eigenvalue weighted by molar-refractivity contribution is 6.11. The molecule has 4 N–H and O–H groups in total. The number of aromatic nitrogens is 1. The van der Waals surface area contributed by atoms with Gasteiger partial charge in [0.05, 0.1) is 17.8 Å². The fourth-order valence-corrected chi connectivity index (χ4v) is 3.65. The van der Waals surface area contributed by atoms with Gasteiger partial charge < -0.3 is 20.9 Å². The number of nitrogens with two attached hydrogens (primary N) is 1. The summed E-state index contributed by atoms with van der Waals surface area (Å²) in [6.07, 6.45) is 0.0703. The minimum absolute atomic E-state index is 0.0691. The van der Waals surface area contributed by atoms with Crippen LogP contribution in [0.2, 0.25) is 0 Å². The van der Waals surface area contributed by atoms with Crippen molar-refractivity contribution in [2.24, 2.45) is 0 Å². The Labute approximate surface area is 216 Å². The van der Waals surface area contributed by atoms with Crippen molar-refractivity contribution in [2.45, 2.75) is 38.8 Å². The second-order valence-electron chi connectivity index (χ2n) is 9.57. The number of aliphatic carboxylic acids is 1. The minimum Gasteiger partial charge on any atom is -0.480 e. The van der Waals surface area contributed by atoms with Crippen molar-refractivity contribution in [3.63, 3.8) is 0 Å². The Bertz CT molecular complexity index is 1380. The molecule has 0 spiro atoms. The van der Waals surface area contributed by atoms with E-state index in [-0.39, 0.29) is 36.3 Å². The van der Waals surface area contributed by atoms with E-state index in [9.17, 15) is 23.9 Å². The Hall–Kier alpha value is -3.96. The molecule has 0 fully saturated rings. The lowest BCUT2D eigenvalue weighted by Crippen LogP contribution is -2.43. The molecule has 0 aliphatic rings. The van der Waals surface area contributed by atoms with Crippen LogP contribution in [0.4, 0.5) is 19.0 Å². The number of carboxylic acid groups (broad SMARTS) is 1. The van der Waals surface area contributed by atoms with Crippen LogP contribution in [0.3, 0.4) is 0 Å². The molecule has 0 radical (unpaired) electrons. The van der Waals surface area contributed by atoms with Crippen LogP contribution in [-0.4, -0.2) is 46.2 Å². The molecule has 1 heterocycles. The second-order valence-corrected chi connectivity index (χ2v) is 9.57. The Morgan fingerprint density at radius 2 is 1.66 bits per heavy atom. The van der Waals surface area contributed by atoms with Crippen LogP contribution >= 0.6 is 0 Å². The number of nitrogen functional groups attached to an aromatic ring is 1. The Balaban J connectivity index is 1.84. The molecule has 38 heavy (non-hydrogen) atoms. The smallest absolute Gasteiger partial charge is 0.323 e. The molecule has 3 aromatic rings. The van der Waals surface area contributed by atoms with E-state index >= 15 is 8.78 Å². The van der Waals surface area contributed by atoms with E-state index in [4.69, 9.17) is 10.5 Å². The lowest BCUT2D eigenvalue weighted by molar-refractivity contribution is -0.142. The highest BCUT2D eigenvalue weighted by Crippen LogP contribution is 2.24. The number of ether oxygens (including phenoxy) is 1. The number of halogens is 3. The number of benzene rings is 2. The van der Waals surface area contributed by atoms with Crippen molar-refractivity contribution in [3.05, 3.63) is 93.0 Å². The summed E-state index contributed by atoms with van der Waals surface area (Å²) in [5.74, 6) is -5.05. The number of pyridine rings is 1. The van der Waals surface area contributed by atoms with E-state index in [1.54, 1.807) is 20.8 Å². The lowest BCUT2D eigenvalue weighted by Gasteiger charge is -2.23. The summed E-state index contributed by atoms with van der Waals surface area (Å²) in [6, 6.07) is 7.66. The summed E-state index contributed by atoms with van der Waals surface area (Å²) >= 11 is 0. The van der Waals surface area contributed by atoms with Gasteiger partial charge in [-0.25, -0.2) is 13.2 Å². The minimum atomic E-state index is -1.13. The molecule has 3 rings (SSSR count). The number of carboxylic acids is 1. The number of carbonyl (C=O) groups is 2. The average molecular weight is 532 g/mol. The first-order valence-corrected chi connectivity index (χ1v) is 11.7. The predicted molar refractivity (Wildman–Crippen MR) is 135 cm³/mol. The van der Waals surface area contributed by atoms with Crippen LogP contribution in [-0.2, 0) is 16.0 Å². The quantitative estimate of drug-likeness (QED) is 0.342. The number of nitrogens with one attached hydrogen (secondary N) is 1. The van der Waals surface area contributed by atoms with Gasteiger partial charge in [0, 0.05) is 18.2 Å². The molecule has 0 bridgehead atoms. The summed E-state index contributed by atoms with van der Waals surface area (Å²) in [4.78, 5) is 36.9. The van der Waals surface area contributed by atoms with Crippen molar-refractivity contribution in [1.82, 2.24) is 9.88 Å². The maximum atomic E-state index is 15.1. The zero-order valence-corrected chi connectivity index (χ0v) is 21.1. The van der Waals surface area contributed by atoms with Crippen LogP contribution in [0.5, 0.6) is 0 Å². The van der Waals surface area contributed by atoms with E-state index in [2.05, 4.69) is 5.32 Å². The van der Waals surface area contributed by atoms with Gasteiger partial charge in [0.2, 0.25) is 0 Å². The zero-order valence-electron chi connectivity index (χ0n) is 21.1. The summed E-state index contributed by atoms with van der Waals surface area (Å²) in [5.41, 5.74) is 3.92. The van der Waals surface area contributed by atoms with Gasteiger partial charge in [0.1, 0.15) is 23.4 Å². The molecule has 1 aromatic heterocycles. The maximum Gasteiger partial charge on any atom is 0.323 e. The number of rotatable bonds is 10. The van der Waals surface area contributed by atoms with E-state index in [0.29, 0.717) is 4.57 Å². The van der Waals surface area contributed by atoms with Crippen molar-refractivity contribution >= 4 is 17.6 Å². The van der Waals surface area contributed by atoms with Crippen molar-refractivity contribution < 1.29 is 32.6 Å². The van der Waals surface area contributed by atoms with Crippen LogP contribution in [0.25, 0.3) is 5.69 Å². The monoisotopic (exact) mass is 531 g/mol. The van der Waals surface area contributed by atoms with E-state index < -0.39 is 57.9 Å². The Morgan fingerprint density at radius 3 is 2.21 bits per heavy atom. The Morgan fingerprint density at radius 1 is 1.05 bits per heavy atom. The molecule has 8 nitrogen and oxygen atoms in total.